The first-order valence-electron chi connectivity index (χ1n) is 7.85. The van der Waals surface area contributed by atoms with E-state index in [9.17, 15) is 0 Å². The van der Waals surface area contributed by atoms with Crippen molar-refractivity contribution in [2.75, 3.05) is 11.9 Å². The van der Waals surface area contributed by atoms with Crippen molar-refractivity contribution >= 4 is 15.9 Å². The molecule has 3 atom stereocenters. The largest absolute Gasteiger partial charge is 0.374 e. The highest BCUT2D eigenvalue weighted by molar-refractivity contribution is 9.09. The first-order valence-corrected chi connectivity index (χ1v) is 8.97. The van der Waals surface area contributed by atoms with E-state index < -0.39 is 0 Å². The predicted molar refractivity (Wildman–Crippen MR) is 83.4 cm³/mol. The monoisotopic (exact) mass is 318 g/mol. The van der Waals surface area contributed by atoms with Gasteiger partial charge in [0.2, 0.25) is 0 Å². The van der Waals surface area contributed by atoms with Gasteiger partial charge in [-0.15, -0.1) is 0 Å². The minimum Gasteiger partial charge on any atom is -0.374 e. The topological polar surface area (TPSA) is 9.23 Å². The normalized spacial score (nSPS) is 30.3. The lowest BCUT2D eigenvalue weighted by molar-refractivity contribution is -0.0775. The average molecular weight is 319 g/mol. The summed E-state index contributed by atoms with van der Waals surface area (Å²) >= 11 is 3.70. The molecule has 0 saturated heterocycles. The minimum atomic E-state index is 0.136. The lowest BCUT2D eigenvalue weighted by atomic mass is 9.80. The van der Waals surface area contributed by atoms with E-state index in [0.717, 1.165) is 23.8 Å². The molecule has 1 aliphatic carbocycles. The van der Waals surface area contributed by atoms with Crippen LogP contribution in [0.5, 0.6) is 0 Å². The number of rotatable bonds is 8. The van der Waals surface area contributed by atoms with Gasteiger partial charge in [0, 0.05) is 5.33 Å². The molecule has 1 aliphatic rings. The van der Waals surface area contributed by atoms with Gasteiger partial charge in [0.1, 0.15) is 0 Å². The fourth-order valence-corrected chi connectivity index (χ4v) is 3.77. The number of alkyl halides is 1. The zero-order valence-corrected chi connectivity index (χ0v) is 14.1. The minimum absolute atomic E-state index is 0.136. The highest BCUT2D eigenvalue weighted by atomic mass is 79.9. The van der Waals surface area contributed by atoms with E-state index in [1.807, 2.05) is 0 Å². The summed E-state index contributed by atoms with van der Waals surface area (Å²) in [6.45, 7) is 7.91. The molecule has 0 aromatic rings. The Balaban J connectivity index is 2.41. The Bertz CT molecular complexity index is 219. The van der Waals surface area contributed by atoms with Crippen molar-refractivity contribution in [2.24, 2.45) is 11.8 Å². The number of hydrogen-bond acceptors (Lipinski definition) is 1. The molecule has 0 spiro atoms. The van der Waals surface area contributed by atoms with Crippen molar-refractivity contribution in [1.29, 1.82) is 0 Å². The second-order valence-corrected chi connectivity index (χ2v) is 6.81. The zero-order valence-electron chi connectivity index (χ0n) is 12.5. The Hall–Kier alpha value is 0.440. The molecule has 0 bridgehead atoms. The fraction of sp³-hybridized carbons (Fsp3) is 1.00. The van der Waals surface area contributed by atoms with E-state index in [2.05, 4.69) is 36.7 Å². The lowest BCUT2D eigenvalue weighted by Gasteiger charge is -2.39. The van der Waals surface area contributed by atoms with E-state index in [0.29, 0.717) is 0 Å². The molecule has 0 amide bonds. The summed E-state index contributed by atoms with van der Waals surface area (Å²) in [5.74, 6) is 1.59. The standard InChI is InChI=1S/C16H31BrO/c1-4-6-9-15(5-2)12-18-16(13-17)10-7-8-14(3)11-16/h14-15H,4-13H2,1-3H3. The third kappa shape index (κ3) is 5.21. The molecule has 0 aliphatic heterocycles. The van der Waals surface area contributed by atoms with Gasteiger partial charge < -0.3 is 4.74 Å². The van der Waals surface area contributed by atoms with E-state index in [-0.39, 0.29) is 5.60 Å². The second kappa shape index (κ2) is 8.58. The van der Waals surface area contributed by atoms with Crippen molar-refractivity contribution < 1.29 is 4.74 Å². The van der Waals surface area contributed by atoms with Crippen LogP contribution in [0.4, 0.5) is 0 Å². The first-order chi connectivity index (χ1) is 8.65. The van der Waals surface area contributed by atoms with Crippen LogP contribution < -0.4 is 0 Å². The van der Waals surface area contributed by atoms with Gasteiger partial charge >= 0.3 is 0 Å². The summed E-state index contributed by atoms with van der Waals surface area (Å²) in [5, 5.41) is 1.01. The summed E-state index contributed by atoms with van der Waals surface area (Å²) in [6, 6.07) is 0. The number of unbranched alkanes of at least 4 members (excludes halogenated alkanes) is 1. The highest BCUT2D eigenvalue weighted by Crippen LogP contribution is 2.37. The van der Waals surface area contributed by atoms with E-state index in [1.165, 1.54) is 51.4 Å². The smallest absolute Gasteiger partial charge is 0.0781 e. The molecular weight excluding hydrogens is 288 g/mol. The number of hydrogen-bond donors (Lipinski definition) is 0. The third-order valence-corrected chi connectivity index (χ3v) is 5.48. The van der Waals surface area contributed by atoms with Crippen LogP contribution in [0.2, 0.25) is 0 Å². The zero-order chi connectivity index (χ0) is 13.4. The van der Waals surface area contributed by atoms with Gasteiger partial charge in [0.05, 0.1) is 12.2 Å². The molecule has 3 unspecified atom stereocenters. The van der Waals surface area contributed by atoms with Crippen molar-refractivity contribution in [2.45, 2.75) is 77.7 Å². The maximum absolute atomic E-state index is 6.39. The summed E-state index contributed by atoms with van der Waals surface area (Å²) in [7, 11) is 0. The average Bonchev–Trinajstić information content (AvgIpc) is 2.39. The SMILES string of the molecule is CCCCC(CC)COC1(CBr)CCCC(C)C1. The van der Waals surface area contributed by atoms with E-state index >= 15 is 0 Å². The highest BCUT2D eigenvalue weighted by Gasteiger charge is 2.35. The maximum Gasteiger partial charge on any atom is 0.0781 e. The molecule has 108 valence electrons. The molecule has 0 heterocycles. The van der Waals surface area contributed by atoms with Crippen molar-refractivity contribution in [1.82, 2.24) is 0 Å². The Morgan fingerprint density at radius 3 is 2.72 bits per heavy atom. The molecule has 2 heteroatoms. The van der Waals surface area contributed by atoms with Crippen LogP contribution in [0.1, 0.15) is 72.1 Å². The molecule has 0 aromatic carbocycles. The molecule has 1 fully saturated rings. The van der Waals surface area contributed by atoms with Gasteiger partial charge in [-0.1, -0.05) is 68.8 Å². The van der Waals surface area contributed by atoms with Crippen LogP contribution in [-0.4, -0.2) is 17.5 Å². The van der Waals surface area contributed by atoms with Crippen LogP contribution in [0, 0.1) is 11.8 Å². The summed E-state index contributed by atoms with van der Waals surface area (Å²) in [6.07, 6.45) is 10.4. The molecule has 18 heavy (non-hydrogen) atoms. The van der Waals surface area contributed by atoms with Gasteiger partial charge in [0.15, 0.2) is 0 Å². The lowest BCUT2D eigenvalue weighted by Crippen LogP contribution is -2.40. The van der Waals surface area contributed by atoms with Gasteiger partial charge in [0.25, 0.3) is 0 Å². The quantitative estimate of drug-likeness (QED) is 0.532. The summed E-state index contributed by atoms with van der Waals surface area (Å²) in [4.78, 5) is 0. The Kier molecular flexibility index (Phi) is 7.86. The third-order valence-electron chi connectivity index (χ3n) is 4.46. The molecule has 1 saturated carbocycles. The summed E-state index contributed by atoms with van der Waals surface area (Å²) in [5.41, 5.74) is 0.136. The van der Waals surface area contributed by atoms with Crippen LogP contribution in [0.15, 0.2) is 0 Å². The number of halogens is 1. The van der Waals surface area contributed by atoms with E-state index in [4.69, 9.17) is 4.74 Å². The predicted octanol–water partition coefficient (Wildman–Crippen LogP) is 5.56. The molecule has 1 nitrogen and oxygen atoms in total. The van der Waals surface area contributed by atoms with Gasteiger partial charge in [-0.2, -0.15) is 0 Å². The van der Waals surface area contributed by atoms with Gasteiger partial charge in [-0.25, -0.2) is 0 Å². The fourth-order valence-electron chi connectivity index (χ4n) is 3.10. The van der Waals surface area contributed by atoms with Gasteiger partial charge in [-0.05, 0) is 31.1 Å². The Morgan fingerprint density at radius 1 is 1.39 bits per heavy atom. The van der Waals surface area contributed by atoms with Crippen molar-refractivity contribution in [3.05, 3.63) is 0 Å². The van der Waals surface area contributed by atoms with Crippen LogP contribution in [-0.2, 0) is 4.74 Å². The van der Waals surface area contributed by atoms with Gasteiger partial charge in [-0.3, -0.25) is 0 Å². The van der Waals surface area contributed by atoms with Crippen molar-refractivity contribution in [3.63, 3.8) is 0 Å². The molecule has 0 radical (unpaired) electrons. The first kappa shape index (κ1) is 16.5. The van der Waals surface area contributed by atoms with Crippen molar-refractivity contribution in [3.8, 4) is 0 Å². The van der Waals surface area contributed by atoms with Crippen LogP contribution in [0.3, 0.4) is 0 Å². The Morgan fingerprint density at radius 2 is 2.17 bits per heavy atom. The molecule has 0 aromatic heterocycles. The van der Waals surface area contributed by atoms with Crippen LogP contribution >= 0.6 is 15.9 Å². The Labute approximate surface area is 122 Å². The van der Waals surface area contributed by atoms with Crippen LogP contribution in [0.25, 0.3) is 0 Å². The molecule has 1 rings (SSSR count). The second-order valence-electron chi connectivity index (χ2n) is 6.25. The van der Waals surface area contributed by atoms with E-state index in [1.54, 1.807) is 0 Å². The summed E-state index contributed by atoms with van der Waals surface area (Å²) < 4.78 is 6.39. The number of ether oxygens (including phenoxy) is 1. The maximum atomic E-state index is 6.39. The molecular formula is C16H31BrO. The molecule has 0 N–H and O–H groups in total.